The van der Waals surface area contributed by atoms with Crippen LogP contribution in [0.5, 0.6) is 0 Å². The molecule has 0 bridgehead atoms. The fraction of sp³-hybridized carbons (Fsp3) is 0.400. The Bertz CT molecular complexity index is 284. The number of anilines is 1. The third-order valence-corrected chi connectivity index (χ3v) is 1.83. The first-order valence-corrected chi connectivity index (χ1v) is 4.19. The van der Waals surface area contributed by atoms with E-state index in [1.807, 2.05) is 32.0 Å². The largest absolute Gasteiger partial charge is 0.379 e. The van der Waals surface area contributed by atoms with Crippen molar-refractivity contribution in [2.75, 3.05) is 11.9 Å². The quantitative estimate of drug-likeness (QED) is 0.763. The Morgan fingerprint density at radius 1 is 1.31 bits per heavy atom. The molecule has 0 aromatic heterocycles. The first-order chi connectivity index (χ1) is 6.09. The van der Waals surface area contributed by atoms with Crippen LogP contribution in [0, 0.1) is 13.8 Å². The lowest BCUT2D eigenvalue weighted by Crippen LogP contribution is -2.10. The van der Waals surface area contributed by atoms with E-state index in [9.17, 15) is 8.78 Å². The third kappa shape index (κ3) is 3.01. The Labute approximate surface area is 76.8 Å². The molecule has 72 valence electrons. The van der Waals surface area contributed by atoms with Crippen LogP contribution in [-0.4, -0.2) is 13.0 Å². The van der Waals surface area contributed by atoms with Crippen LogP contribution in [0.15, 0.2) is 18.2 Å². The zero-order valence-electron chi connectivity index (χ0n) is 7.77. The Kier molecular flexibility index (Phi) is 3.23. The molecule has 1 rings (SSSR count). The zero-order chi connectivity index (χ0) is 9.84. The van der Waals surface area contributed by atoms with Gasteiger partial charge in [0.15, 0.2) is 0 Å². The van der Waals surface area contributed by atoms with Gasteiger partial charge in [-0.2, -0.15) is 0 Å². The average Bonchev–Trinajstić information content (AvgIpc) is 2.02. The summed E-state index contributed by atoms with van der Waals surface area (Å²) in [6, 6.07) is 5.70. The predicted molar refractivity (Wildman–Crippen MR) is 50.4 cm³/mol. The lowest BCUT2D eigenvalue weighted by Gasteiger charge is -2.09. The molecule has 0 unspecified atom stereocenters. The number of alkyl halides is 2. The van der Waals surface area contributed by atoms with Gasteiger partial charge in [-0.3, -0.25) is 0 Å². The van der Waals surface area contributed by atoms with Crippen molar-refractivity contribution in [1.29, 1.82) is 0 Å². The van der Waals surface area contributed by atoms with Crippen LogP contribution in [-0.2, 0) is 0 Å². The van der Waals surface area contributed by atoms with Gasteiger partial charge in [-0.1, -0.05) is 17.7 Å². The number of hydrogen-bond acceptors (Lipinski definition) is 1. The molecule has 1 aromatic rings. The van der Waals surface area contributed by atoms with Crippen molar-refractivity contribution >= 4 is 5.69 Å². The van der Waals surface area contributed by atoms with Gasteiger partial charge in [-0.25, -0.2) is 8.78 Å². The molecule has 0 spiro atoms. The second kappa shape index (κ2) is 4.21. The van der Waals surface area contributed by atoms with Crippen LogP contribution in [0.25, 0.3) is 0 Å². The van der Waals surface area contributed by atoms with Crippen LogP contribution >= 0.6 is 0 Å². The molecule has 1 N–H and O–H groups in total. The standard InChI is InChI=1S/C10H13F2N/c1-7-3-4-9(8(2)5-7)13-6-10(11)12/h3-5,10,13H,6H2,1-2H3. The summed E-state index contributed by atoms with van der Waals surface area (Å²) in [6.07, 6.45) is -2.30. The van der Waals surface area contributed by atoms with Crippen molar-refractivity contribution in [1.82, 2.24) is 0 Å². The number of aryl methyl sites for hydroxylation is 2. The van der Waals surface area contributed by atoms with Crippen LogP contribution < -0.4 is 5.32 Å². The second-order valence-corrected chi connectivity index (χ2v) is 3.09. The number of halogens is 2. The van der Waals surface area contributed by atoms with E-state index in [0.29, 0.717) is 0 Å². The molecule has 0 saturated carbocycles. The number of hydrogen-bond donors (Lipinski definition) is 1. The van der Waals surface area contributed by atoms with E-state index in [4.69, 9.17) is 0 Å². The van der Waals surface area contributed by atoms with E-state index in [2.05, 4.69) is 5.32 Å². The maximum Gasteiger partial charge on any atom is 0.255 e. The summed E-state index contributed by atoms with van der Waals surface area (Å²) in [5.74, 6) is 0. The zero-order valence-corrected chi connectivity index (χ0v) is 7.77. The van der Waals surface area contributed by atoms with Crippen molar-refractivity contribution in [2.45, 2.75) is 20.3 Å². The molecule has 0 heterocycles. The Morgan fingerprint density at radius 3 is 2.54 bits per heavy atom. The van der Waals surface area contributed by atoms with Crippen LogP contribution in [0.4, 0.5) is 14.5 Å². The molecule has 0 atom stereocenters. The molecule has 0 radical (unpaired) electrons. The van der Waals surface area contributed by atoms with E-state index in [-0.39, 0.29) is 6.54 Å². The summed E-state index contributed by atoms with van der Waals surface area (Å²) in [7, 11) is 0. The molecule has 1 aromatic carbocycles. The summed E-state index contributed by atoms with van der Waals surface area (Å²) >= 11 is 0. The van der Waals surface area contributed by atoms with Gasteiger partial charge in [0.05, 0.1) is 6.54 Å². The van der Waals surface area contributed by atoms with Crippen LogP contribution in [0.1, 0.15) is 11.1 Å². The highest BCUT2D eigenvalue weighted by Crippen LogP contribution is 2.15. The summed E-state index contributed by atoms with van der Waals surface area (Å²) in [5, 5.41) is 2.69. The molecule has 0 saturated heterocycles. The van der Waals surface area contributed by atoms with Gasteiger partial charge in [-0.05, 0) is 25.5 Å². The van der Waals surface area contributed by atoms with Crippen molar-refractivity contribution < 1.29 is 8.78 Å². The molecular formula is C10H13F2N. The minimum atomic E-state index is -2.30. The molecule has 0 aliphatic rings. The summed E-state index contributed by atoms with van der Waals surface area (Å²) in [4.78, 5) is 0. The Balaban J connectivity index is 2.67. The highest BCUT2D eigenvalue weighted by Gasteiger charge is 2.03. The van der Waals surface area contributed by atoms with Gasteiger partial charge in [0.1, 0.15) is 0 Å². The molecule has 13 heavy (non-hydrogen) atoms. The second-order valence-electron chi connectivity index (χ2n) is 3.09. The van der Waals surface area contributed by atoms with E-state index < -0.39 is 6.43 Å². The highest BCUT2D eigenvalue weighted by molar-refractivity contribution is 5.51. The Morgan fingerprint density at radius 2 is 2.00 bits per heavy atom. The van der Waals surface area contributed by atoms with Crippen LogP contribution in [0.3, 0.4) is 0 Å². The maximum atomic E-state index is 11.9. The van der Waals surface area contributed by atoms with E-state index in [0.717, 1.165) is 16.8 Å². The van der Waals surface area contributed by atoms with Gasteiger partial charge in [0.25, 0.3) is 6.43 Å². The first kappa shape index (κ1) is 9.96. The van der Waals surface area contributed by atoms with Gasteiger partial charge in [0, 0.05) is 5.69 Å². The van der Waals surface area contributed by atoms with Crippen LogP contribution in [0.2, 0.25) is 0 Å². The summed E-state index contributed by atoms with van der Waals surface area (Å²) in [6.45, 7) is 3.59. The molecular weight excluding hydrogens is 172 g/mol. The fourth-order valence-electron chi connectivity index (χ4n) is 1.20. The van der Waals surface area contributed by atoms with Crippen molar-refractivity contribution in [3.8, 4) is 0 Å². The van der Waals surface area contributed by atoms with Gasteiger partial charge in [0.2, 0.25) is 0 Å². The molecule has 0 aliphatic heterocycles. The predicted octanol–water partition coefficient (Wildman–Crippen LogP) is 2.98. The smallest absolute Gasteiger partial charge is 0.255 e. The van der Waals surface area contributed by atoms with Crippen molar-refractivity contribution in [2.24, 2.45) is 0 Å². The summed E-state index contributed by atoms with van der Waals surface area (Å²) < 4.78 is 23.7. The van der Waals surface area contributed by atoms with Gasteiger partial charge >= 0.3 is 0 Å². The lowest BCUT2D eigenvalue weighted by molar-refractivity contribution is 0.163. The fourth-order valence-corrected chi connectivity index (χ4v) is 1.20. The van der Waals surface area contributed by atoms with E-state index >= 15 is 0 Å². The molecule has 3 heteroatoms. The topological polar surface area (TPSA) is 12.0 Å². The number of rotatable bonds is 3. The summed E-state index contributed by atoms with van der Waals surface area (Å²) in [5.41, 5.74) is 2.92. The molecule has 0 fully saturated rings. The van der Waals surface area contributed by atoms with Gasteiger partial charge in [-0.15, -0.1) is 0 Å². The number of benzene rings is 1. The lowest BCUT2D eigenvalue weighted by atomic mass is 10.1. The highest BCUT2D eigenvalue weighted by atomic mass is 19.3. The SMILES string of the molecule is Cc1ccc(NCC(F)F)c(C)c1. The number of nitrogens with one attached hydrogen (secondary N) is 1. The first-order valence-electron chi connectivity index (χ1n) is 4.19. The molecule has 0 aliphatic carbocycles. The normalized spacial score (nSPS) is 10.5. The molecule has 1 nitrogen and oxygen atoms in total. The minimum absolute atomic E-state index is 0.288. The van der Waals surface area contributed by atoms with Crippen molar-refractivity contribution in [3.63, 3.8) is 0 Å². The monoisotopic (exact) mass is 185 g/mol. The maximum absolute atomic E-state index is 11.9. The van der Waals surface area contributed by atoms with Crippen molar-refractivity contribution in [3.05, 3.63) is 29.3 Å². The van der Waals surface area contributed by atoms with E-state index in [1.54, 1.807) is 0 Å². The Hall–Kier alpha value is -1.12. The molecule has 0 amide bonds. The third-order valence-electron chi connectivity index (χ3n) is 1.83. The average molecular weight is 185 g/mol. The minimum Gasteiger partial charge on any atom is -0.379 e. The van der Waals surface area contributed by atoms with E-state index in [1.165, 1.54) is 0 Å². The van der Waals surface area contributed by atoms with Gasteiger partial charge < -0.3 is 5.32 Å².